The van der Waals surface area contributed by atoms with E-state index >= 15 is 0 Å². The third kappa shape index (κ3) is 2.40. The fourth-order valence-corrected chi connectivity index (χ4v) is 2.92. The highest BCUT2D eigenvalue weighted by Gasteiger charge is 2.15. The molecule has 1 N–H and O–H groups in total. The van der Waals surface area contributed by atoms with Crippen molar-refractivity contribution in [3.63, 3.8) is 0 Å². The van der Waals surface area contributed by atoms with Gasteiger partial charge in [0.1, 0.15) is 10.7 Å². The molecule has 0 aliphatic carbocycles. The van der Waals surface area contributed by atoms with Crippen LogP contribution in [0, 0.1) is 12.7 Å². The quantitative estimate of drug-likeness (QED) is 0.896. The maximum Gasteiger partial charge on any atom is 0.345 e. The molecule has 2 aromatic rings. The average molecular weight is 315 g/mol. The van der Waals surface area contributed by atoms with Crippen molar-refractivity contribution in [2.24, 2.45) is 0 Å². The number of thiophene rings is 1. The number of rotatable bonds is 2. The van der Waals surface area contributed by atoms with E-state index in [2.05, 4.69) is 15.9 Å². The zero-order chi connectivity index (χ0) is 12.6. The molecule has 0 fully saturated rings. The van der Waals surface area contributed by atoms with Crippen LogP contribution in [0.3, 0.4) is 0 Å². The molecule has 0 amide bonds. The van der Waals surface area contributed by atoms with E-state index in [9.17, 15) is 9.18 Å². The maximum atomic E-state index is 13.7. The standard InChI is InChI=1S/C12H8BrFO2S/c1-6-4-10(12(15)16)17-11(6)8-5-7(13)2-3-9(8)14/h2-5H,1H3,(H,15,16). The second-order valence-corrected chi connectivity index (χ2v) is 5.52. The van der Waals surface area contributed by atoms with E-state index in [0.717, 1.165) is 21.4 Å². The number of carboxylic acid groups (broad SMARTS) is 1. The molecule has 2 nitrogen and oxygen atoms in total. The van der Waals surface area contributed by atoms with Gasteiger partial charge in [-0.1, -0.05) is 15.9 Å². The van der Waals surface area contributed by atoms with Gasteiger partial charge in [0.25, 0.3) is 0 Å². The Morgan fingerprint density at radius 2 is 2.12 bits per heavy atom. The van der Waals surface area contributed by atoms with Crippen molar-refractivity contribution in [2.75, 3.05) is 0 Å². The molecule has 1 aromatic carbocycles. The fraction of sp³-hybridized carbons (Fsp3) is 0.0833. The zero-order valence-electron chi connectivity index (χ0n) is 8.83. The summed E-state index contributed by atoms with van der Waals surface area (Å²) in [6.07, 6.45) is 0. The van der Waals surface area contributed by atoms with Gasteiger partial charge < -0.3 is 5.11 Å². The third-order valence-electron chi connectivity index (χ3n) is 2.30. The van der Waals surface area contributed by atoms with E-state index in [1.807, 2.05) is 0 Å². The Labute approximate surface area is 110 Å². The number of benzene rings is 1. The monoisotopic (exact) mass is 314 g/mol. The predicted molar refractivity (Wildman–Crippen MR) is 69.1 cm³/mol. The Balaban J connectivity index is 2.60. The van der Waals surface area contributed by atoms with Crippen molar-refractivity contribution in [1.29, 1.82) is 0 Å². The van der Waals surface area contributed by atoms with Crippen LogP contribution in [0.1, 0.15) is 15.2 Å². The van der Waals surface area contributed by atoms with Crippen LogP contribution < -0.4 is 0 Å². The number of carboxylic acids is 1. The molecule has 1 aromatic heterocycles. The minimum atomic E-state index is -0.986. The summed E-state index contributed by atoms with van der Waals surface area (Å²) in [5.41, 5.74) is 1.19. The molecule has 5 heteroatoms. The first-order valence-electron chi connectivity index (χ1n) is 4.78. The minimum absolute atomic E-state index is 0.219. The predicted octanol–water partition coefficient (Wildman–Crippen LogP) is 4.32. The van der Waals surface area contributed by atoms with Crippen LogP contribution in [0.2, 0.25) is 0 Å². The lowest BCUT2D eigenvalue weighted by molar-refractivity contribution is 0.0702. The molecule has 0 aliphatic rings. The van der Waals surface area contributed by atoms with Crippen molar-refractivity contribution in [1.82, 2.24) is 0 Å². The van der Waals surface area contributed by atoms with Gasteiger partial charge in [-0.15, -0.1) is 11.3 Å². The Bertz CT molecular complexity index is 592. The molecule has 0 bridgehead atoms. The number of carbonyl (C=O) groups is 1. The lowest BCUT2D eigenvalue weighted by Crippen LogP contribution is -1.89. The summed E-state index contributed by atoms with van der Waals surface area (Å²) < 4.78 is 14.4. The molecule has 0 unspecified atom stereocenters. The highest BCUT2D eigenvalue weighted by Crippen LogP contribution is 2.35. The van der Waals surface area contributed by atoms with Gasteiger partial charge in [-0.05, 0) is 36.8 Å². The third-order valence-corrected chi connectivity index (χ3v) is 4.05. The summed E-state index contributed by atoms with van der Waals surface area (Å²) >= 11 is 4.36. The van der Waals surface area contributed by atoms with Gasteiger partial charge in [0, 0.05) is 14.9 Å². The van der Waals surface area contributed by atoms with Crippen LogP contribution >= 0.6 is 27.3 Å². The number of hydrogen-bond acceptors (Lipinski definition) is 2. The first-order valence-corrected chi connectivity index (χ1v) is 6.39. The van der Waals surface area contributed by atoms with Crippen molar-refractivity contribution >= 4 is 33.2 Å². The fourth-order valence-electron chi connectivity index (χ4n) is 1.53. The molecule has 2 rings (SSSR count). The van der Waals surface area contributed by atoms with E-state index in [4.69, 9.17) is 5.11 Å². The van der Waals surface area contributed by atoms with Gasteiger partial charge in [0.2, 0.25) is 0 Å². The molecule has 0 saturated heterocycles. The van der Waals surface area contributed by atoms with Crippen LogP contribution in [-0.4, -0.2) is 11.1 Å². The molecular weight excluding hydrogens is 307 g/mol. The van der Waals surface area contributed by atoms with Gasteiger partial charge in [-0.25, -0.2) is 9.18 Å². The number of aromatic carboxylic acids is 1. The van der Waals surface area contributed by atoms with E-state index in [1.54, 1.807) is 25.1 Å². The number of aryl methyl sites for hydroxylation is 1. The van der Waals surface area contributed by atoms with Gasteiger partial charge >= 0.3 is 5.97 Å². The average Bonchev–Trinajstić information content (AvgIpc) is 2.64. The Morgan fingerprint density at radius 1 is 1.41 bits per heavy atom. The first-order chi connectivity index (χ1) is 7.99. The molecule has 0 aliphatic heterocycles. The molecule has 88 valence electrons. The molecule has 0 saturated carbocycles. The van der Waals surface area contributed by atoms with Crippen LogP contribution in [0.4, 0.5) is 4.39 Å². The van der Waals surface area contributed by atoms with Crippen molar-refractivity contribution in [3.8, 4) is 10.4 Å². The van der Waals surface area contributed by atoms with E-state index in [-0.39, 0.29) is 10.7 Å². The Hall–Kier alpha value is -1.20. The summed E-state index contributed by atoms with van der Waals surface area (Å²) in [5, 5.41) is 8.90. The largest absolute Gasteiger partial charge is 0.477 e. The lowest BCUT2D eigenvalue weighted by Gasteiger charge is -2.02. The number of hydrogen-bond donors (Lipinski definition) is 1. The minimum Gasteiger partial charge on any atom is -0.477 e. The van der Waals surface area contributed by atoms with Gasteiger partial charge in [-0.3, -0.25) is 0 Å². The summed E-state index contributed by atoms with van der Waals surface area (Å²) in [6.45, 7) is 1.78. The normalized spacial score (nSPS) is 10.5. The van der Waals surface area contributed by atoms with Crippen LogP contribution in [0.25, 0.3) is 10.4 Å². The van der Waals surface area contributed by atoms with E-state index < -0.39 is 5.97 Å². The first kappa shape index (κ1) is 12.3. The number of halogens is 2. The molecule has 0 radical (unpaired) electrons. The molecule has 0 atom stereocenters. The Morgan fingerprint density at radius 3 is 2.71 bits per heavy atom. The SMILES string of the molecule is Cc1cc(C(=O)O)sc1-c1cc(Br)ccc1F. The molecular formula is C12H8BrFO2S. The summed E-state index contributed by atoms with van der Waals surface area (Å²) in [5.74, 6) is -1.34. The summed E-state index contributed by atoms with van der Waals surface area (Å²) in [7, 11) is 0. The van der Waals surface area contributed by atoms with Crippen LogP contribution in [0.15, 0.2) is 28.7 Å². The van der Waals surface area contributed by atoms with E-state index in [0.29, 0.717) is 10.4 Å². The highest BCUT2D eigenvalue weighted by molar-refractivity contribution is 9.10. The highest BCUT2D eigenvalue weighted by atomic mass is 79.9. The van der Waals surface area contributed by atoms with Gasteiger partial charge in [-0.2, -0.15) is 0 Å². The topological polar surface area (TPSA) is 37.3 Å². The van der Waals surface area contributed by atoms with Crippen molar-refractivity contribution in [3.05, 3.63) is 45.0 Å². The van der Waals surface area contributed by atoms with Crippen molar-refractivity contribution in [2.45, 2.75) is 6.92 Å². The zero-order valence-corrected chi connectivity index (χ0v) is 11.2. The van der Waals surface area contributed by atoms with Gasteiger partial charge in [0.05, 0.1) is 0 Å². The Kier molecular flexibility index (Phi) is 3.31. The smallest absolute Gasteiger partial charge is 0.345 e. The second-order valence-electron chi connectivity index (χ2n) is 3.55. The van der Waals surface area contributed by atoms with E-state index in [1.165, 1.54) is 6.07 Å². The van der Waals surface area contributed by atoms with Crippen LogP contribution in [0.5, 0.6) is 0 Å². The van der Waals surface area contributed by atoms with Gasteiger partial charge in [0.15, 0.2) is 0 Å². The molecule has 0 spiro atoms. The van der Waals surface area contributed by atoms with Crippen LogP contribution in [-0.2, 0) is 0 Å². The van der Waals surface area contributed by atoms with Crippen molar-refractivity contribution < 1.29 is 14.3 Å². The lowest BCUT2D eigenvalue weighted by atomic mass is 10.1. The maximum absolute atomic E-state index is 13.7. The molecule has 1 heterocycles. The summed E-state index contributed by atoms with van der Waals surface area (Å²) in [6, 6.07) is 6.18. The molecule has 17 heavy (non-hydrogen) atoms. The second kappa shape index (κ2) is 4.58. The summed E-state index contributed by atoms with van der Waals surface area (Å²) in [4.78, 5) is 11.7.